The van der Waals surface area contributed by atoms with Crippen LogP contribution in [0.5, 0.6) is 0 Å². The zero-order valence-corrected chi connectivity index (χ0v) is 15.2. The van der Waals surface area contributed by atoms with Crippen molar-refractivity contribution in [3.63, 3.8) is 0 Å². The maximum absolute atomic E-state index is 11.6. The molecule has 1 amide bonds. The Balaban J connectivity index is 2.28. The van der Waals surface area contributed by atoms with E-state index in [-0.39, 0.29) is 17.7 Å². The van der Waals surface area contributed by atoms with E-state index in [2.05, 4.69) is 17.1 Å². The van der Waals surface area contributed by atoms with Crippen LogP contribution in [-0.2, 0) is 20.8 Å². The molecule has 0 radical (unpaired) electrons. The number of carbonyl (C=O) groups is 1. The SMILES string of the molecule is C=CCC1(OC)C=CC(C=C(C)C2=NNC(=O)CC2C)C(=S=O)C1. The van der Waals surface area contributed by atoms with Crippen LogP contribution in [0.4, 0.5) is 0 Å². The average molecular weight is 348 g/mol. The molecule has 1 aliphatic carbocycles. The molecule has 0 aromatic rings. The van der Waals surface area contributed by atoms with E-state index in [0.29, 0.717) is 30.5 Å². The molecule has 0 spiro atoms. The van der Waals surface area contributed by atoms with Crippen LogP contribution >= 0.6 is 0 Å². The molecule has 3 unspecified atom stereocenters. The minimum atomic E-state index is -0.476. The van der Waals surface area contributed by atoms with Crippen molar-refractivity contribution in [2.24, 2.45) is 16.9 Å². The monoisotopic (exact) mass is 348 g/mol. The predicted octanol–water partition coefficient (Wildman–Crippen LogP) is 2.37. The van der Waals surface area contributed by atoms with Gasteiger partial charge < -0.3 is 4.74 Å². The molecule has 0 saturated carbocycles. The highest BCUT2D eigenvalue weighted by atomic mass is 32.1. The third-order valence-corrected chi connectivity index (χ3v) is 5.18. The molecule has 2 aliphatic rings. The summed E-state index contributed by atoms with van der Waals surface area (Å²) in [5, 5.41) is 4.17. The Hall–Kier alpha value is -1.79. The van der Waals surface area contributed by atoms with Gasteiger partial charge in [-0.25, -0.2) is 9.63 Å². The molecule has 0 saturated heterocycles. The van der Waals surface area contributed by atoms with Gasteiger partial charge >= 0.3 is 0 Å². The van der Waals surface area contributed by atoms with Crippen molar-refractivity contribution in [1.29, 1.82) is 0 Å². The summed E-state index contributed by atoms with van der Waals surface area (Å²) in [6, 6.07) is 0. The van der Waals surface area contributed by atoms with Crippen LogP contribution in [0.25, 0.3) is 0 Å². The summed E-state index contributed by atoms with van der Waals surface area (Å²) in [6.45, 7) is 7.72. The number of rotatable bonds is 5. The number of hydrogen-bond acceptors (Lipinski definition) is 4. The molecule has 0 bridgehead atoms. The van der Waals surface area contributed by atoms with Crippen molar-refractivity contribution in [3.8, 4) is 0 Å². The van der Waals surface area contributed by atoms with E-state index in [1.807, 2.05) is 38.2 Å². The Bertz CT molecular complexity index is 674. The van der Waals surface area contributed by atoms with E-state index < -0.39 is 5.60 Å². The lowest BCUT2D eigenvalue weighted by Gasteiger charge is -2.33. The van der Waals surface area contributed by atoms with Gasteiger partial charge in [0, 0.05) is 36.7 Å². The number of hydrazone groups is 1. The fraction of sp³-hybridized carbons (Fsp3) is 0.500. The third kappa shape index (κ3) is 3.99. The van der Waals surface area contributed by atoms with Gasteiger partial charge in [0.1, 0.15) is 0 Å². The van der Waals surface area contributed by atoms with Crippen molar-refractivity contribution in [2.75, 3.05) is 7.11 Å². The van der Waals surface area contributed by atoms with Crippen molar-refractivity contribution in [1.82, 2.24) is 5.43 Å². The standard InChI is InChI=1S/C18H24N2O3S/c1-5-7-18(23-4)8-6-14(15(11-18)24-22)9-12(2)17-13(3)10-16(21)19-20-17/h5-6,8-9,13-14H,1,7,10-11H2,2-4H3,(H,19,21). The second-order valence-corrected chi connectivity index (χ2v) is 7.05. The minimum absolute atomic E-state index is 0.0618. The van der Waals surface area contributed by atoms with Crippen molar-refractivity contribution in [2.45, 2.75) is 38.7 Å². The molecule has 24 heavy (non-hydrogen) atoms. The molecule has 130 valence electrons. The first kappa shape index (κ1) is 18.5. The zero-order valence-electron chi connectivity index (χ0n) is 14.4. The normalized spacial score (nSPS) is 30.6. The first-order valence-corrected chi connectivity index (χ1v) is 8.75. The Morgan fingerprint density at radius 3 is 2.96 bits per heavy atom. The fourth-order valence-corrected chi connectivity index (χ4v) is 3.75. The van der Waals surface area contributed by atoms with Gasteiger partial charge in [-0.05, 0) is 18.9 Å². The van der Waals surface area contributed by atoms with Gasteiger partial charge in [0.2, 0.25) is 5.91 Å². The maximum Gasteiger partial charge on any atom is 0.240 e. The molecule has 1 N–H and O–H groups in total. The topological polar surface area (TPSA) is 67.8 Å². The van der Waals surface area contributed by atoms with Crippen LogP contribution in [0, 0.1) is 11.8 Å². The number of allylic oxidation sites excluding steroid dienone is 3. The highest BCUT2D eigenvalue weighted by Gasteiger charge is 2.33. The molecule has 0 aromatic heterocycles. The van der Waals surface area contributed by atoms with Crippen LogP contribution in [0.3, 0.4) is 0 Å². The van der Waals surface area contributed by atoms with Gasteiger partial charge in [0.05, 0.1) is 22.6 Å². The van der Waals surface area contributed by atoms with Crippen LogP contribution in [0.1, 0.15) is 33.1 Å². The first-order valence-electron chi connectivity index (χ1n) is 8.01. The van der Waals surface area contributed by atoms with Gasteiger partial charge in [-0.2, -0.15) is 5.10 Å². The molecule has 5 nitrogen and oxygen atoms in total. The van der Waals surface area contributed by atoms with E-state index >= 15 is 0 Å². The van der Waals surface area contributed by atoms with Gasteiger partial charge in [0.15, 0.2) is 0 Å². The minimum Gasteiger partial charge on any atom is -0.373 e. The number of methoxy groups -OCH3 is 1. The Kier molecular flexibility index (Phi) is 6.07. The van der Waals surface area contributed by atoms with Crippen LogP contribution < -0.4 is 5.43 Å². The Labute approximate surface area is 146 Å². The maximum atomic E-state index is 11.6. The Morgan fingerprint density at radius 1 is 1.62 bits per heavy atom. The van der Waals surface area contributed by atoms with E-state index in [0.717, 1.165) is 16.1 Å². The quantitative estimate of drug-likeness (QED) is 0.613. The largest absolute Gasteiger partial charge is 0.373 e. The van der Waals surface area contributed by atoms with E-state index in [1.165, 1.54) is 0 Å². The number of nitrogens with one attached hydrogen (secondary N) is 1. The summed E-state index contributed by atoms with van der Waals surface area (Å²) in [6.07, 6.45) is 9.54. The van der Waals surface area contributed by atoms with Gasteiger partial charge in [-0.3, -0.25) is 4.79 Å². The predicted molar refractivity (Wildman–Crippen MR) is 98.1 cm³/mol. The summed E-state index contributed by atoms with van der Waals surface area (Å²) in [5.74, 6) is -0.0499. The third-order valence-electron chi connectivity index (χ3n) is 4.55. The lowest BCUT2D eigenvalue weighted by atomic mass is 9.81. The first-order chi connectivity index (χ1) is 11.4. The molecule has 2 rings (SSSR count). The fourth-order valence-electron chi connectivity index (χ4n) is 3.18. The van der Waals surface area contributed by atoms with Gasteiger partial charge in [-0.15, -0.1) is 6.58 Å². The van der Waals surface area contributed by atoms with E-state index in [9.17, 15) is 9.00 Å². The second-order valence-electron chi connectivity index (χ2n) is 6.36. The average Bonchev–Trinajstić information content (AvgIpc) is 2.56. The second kappa shape index (κ2) is 7.85. The number of ether oxygens (including phenoxy) is 1. The number of hydrogen-bond donors (Lipinski definition) is 1. The van der Waals surface area contributed by atoms with Gasteiger partial charge in [-0.1, -0.05) is 31.2 Å². The van der Waals surface area contributed by atoms with Crippen LogP contribution in [0.2, 0.25) is 0 Å². The summed E-state index contributed by atoms with van der Waals surface area (Å²) in [5.41, 5.74) is 3.91. The van der Waals surface area contributed by atoms with Crippen LogP contribution in [-0.4, -0.2) is 33.4 Å². The highest BCUT2D eigenvalue weighted by molar-refractivity contribution is 7.66. The number of nitrogens with zero attached hydrogens (tertiary/aromatic N) is 1. The van der Waals surface area contributed by atoms with E-state index in [1.54, 1.807) is 7.11 Å². The van der Waals surface area contributed by atoms with Crippen LogP contribution in [0.15, 0.2) is 41.6 Å². The molecule has 0 aromatic carbocycles. The molecular weight excluding hydrogens is 324 g/mol. The van der Waals surface area contributed by atoms with Crippen molar-refractivity contribution < 1.29 is 13.7 Å². The van der Waals surface area contributed by atoms with Crippen molar-refractivity contribution in [3.05, 3.63) is 36.5 Å². The Morgan fingerprint density at radius 2 is 2.38 bits per heavy atom. The molecule has 3 atom stereocenters. The summed E-state index contributed by atoms with van der Waals surface area (Å²) in [7, 11) is 1.66. The summed E-state index contributed by atoms with van der Waals surface area (Å²) >= 11 is 0.534. The van der Waals surface area contributed by atoms with E-state index in [4.69, 9.17) is 4.74 Å². The molecular formula is C18H24N2O3S. The summed E-state index contributed by atoms with van der Waals surface area (Å²) < 4.78 is 17.2. The summed E-state index contributed by atoms with van der Waals surface area (Å²) in [4.78, 5) is 12.2. The molecule has 1 heterocycles. The lowest BCUT2D eigenvalue weighted by molar-refractivity contribution is -0.121. The number of carbonyl (C=O) groups excluding carboxylic acids is 1. The smallest absolute Gasteiger partial charge is 0.240 e. The zero-order chi connectivity index (χ0) is 17.7. The molecule has 6 heteroatoms. The van der Waals surface area contributed by atoms with Crippen molar-refractivity contribution >= 4 is 27.7 Å². The molecule has 0 fully saturated rings. The lowest BCUT2D eigenvalue weighted by Crippen LogP contribution is -2.37. The number of amides is 1. The van der Waals surface area contributed by atoms with Gasteiger partial charge in [0.25, 0.3) is 0 Å². The highest BCUT2D eigenvalue weighted by Crippen LogP contribution is 2.31. The molecule has 1 aliphatic heterocycles.